The molecule has 0 aromatic heterocycles. The zero-order chi connectivity index (χ0) is 44.0. The molecule has 0 aliphatic carbocycles. The minimum absolute atomic E-state index is 0.168. The van der Waals surface area contributed by atoms with Crippen LogP contribution in [0.1, 0.15) is 187 Å². The molecular weight excluding hydrogens is 780 g/mol. The normalized spacial score (nSPS) is 14.4. The van der Waals surface area contributed by atoms with Crippen LogP contribution < -0.4 is 0 Å². The van der Waals surface area contributed by atoms with Gasteiger partial charge in [-0.1, -0.05) is 164 Å². The molecule has 3 unspecified atom stereocenters. The van der Waals surface area contributed by atoms with E-state index in [4.69, 9.17) is 23.6 Å². The second kappa shape index (κ2) is 44.5. The summed E-state index contributed by atoms with van der Waals surface area (Å²) in [6.45, 7) is 2.22. The number of aliphatic hydroxyl groups is 2. The van der Waals surface area contributed by atoms with Gasteiger partial charge in [-0.2, -0.15) is 0 Å². The molecule has 0 aromatic carbocycles. The highest BCUT2D eigenvalue weighted by atomic mass is 31.2. The van der Waals surface area contributed by atoms with Crippen LogP contribution in [0.2, 0.25) is 0 Å². The van der Waals surface area contributed by atoms with Crippen LogP contribution in [0.25, 0.3) is 0 Å². The Hall–Kier alpha value is -2.59. The van der Waals surface area contributed by atoms with E-state index in [0.29, 0.717) is 12.8 Å². The van der Waals surface area contributed by atoms with Gasteiger partial charge < -0.3 is 24.6 Å². The van der Waals surface area contributed by atoms with Gasteiger partial charge in [-0.05, 0) is 83.5 Å². The number of rotatable bonds is 43. The Bertz CT molecular complexity index is 1220. The first-order valence-electron chi connectivity index (χ1n) is 23.4. The van der Waals surface area contributed by atoms with Crippen molar-refractivity contribution in [2.75, 3.05) is 26.4 Å². The van der Waals surface area contributed by atoms with Crippen molar-refractivity contribution < 1.29 is 47.8 Å². The summed E-state index contributed by atoms with van der Waals surface area (Å²) >= 11 is 0. The molecule has 0 heterocycles. The van der Waals surface area contributed by atoms with Crippen LogP contribution in [-0.4, -0.2) is 65.7 Å². The second-order valence-electron chi connectivity index (χ2n) is 15.4. The SMILES string of the molecule is CC/C=C\C/C=C\C/C=C\C/C=C\CCCCCCCCCCC(=O)OC(COC(=O)CCCCCCC/C=C\C/C=C\CCCCCC)COP(=O)(O)OCC(O)CO. The minimum Gasteiger partial charge on any atom is -0.462 e. The zero-order valence-electron chi connectivity index (χ0n) is 37.6. The van der Waals surface area contributed by atoms with E-state index in [1.165, 1.54) is 51.4 Å². The Labute approximate surface area is 365 Å². The minimum atomic E-state index is -4.63. The smallest absolute Gasteiger partial charge is 0.462 e. The second-order valence-corrected chi connectivity index (χ2v) is 16.8. The molecule has 0 amide bonds. The molecule has 0 aliphatic rings. The van der Waals surface area contributed by atoms with Crippen molar-refractivity contribution in [3.63, 3.8) is 0 Å². The molecule has 0 radical (unpaired) electrons. The van der Waals surface area contributed by atoms with Crippen molar-refractivity contribution in [1.82, 2.24) is 0 Å². The van der Waals surface area contributed by atoms with Gasteiger partial charge in [-0.3, -0.25) is 18.6 Å². The Morgan fingerprint density at radius 2 is 0.917 bits per heavy atom. The molecule has 60 heavy (non-hydrogen) atoms. The summed E-state index contributed by atoms with van der Waals surface area (Å²) in [6, 6.07) is 0. The zero-order valence-corrected chi connectivity index (χ0v) is 38.5. The maximum atomic E-state index is 12.7. The average molecular weight is 865 g/mol. The fourth-order valence-corrected chi connectivity index (χ4v) is 6.80. The van der Waals surface area contributed by atoms with Gasteiger partial charge in [-0.25, -0.2) is 4.57 Å². The number of unbranched alkanes of at least 4 members (excludes halogenated alkanes) is 17. The van der Waals surface area contributed by atoms with Gasteiger partial charge in [0.15, 0.2) is 6.10 Å². The summed E-state index contributed by atoms with van der Waals surface area (Å²) in [5, 5.41) is 18.4. The molecule has 3 N–H and O–H groups in total. The number of ether oxygens (including phenoxy) is 2. The molecule has 3 atom stereocenters. The van der Waals surface area contributed by atoms with E-state index in [-0.39, 0.29) is 19.4 Å². The molecule has 0 spiro atoms. The average Bonchev–Trinajstić information content (AvgIpc) is 3.24. The van der Waals surface area contributed by atoms with Crippen molar-refractivity contribution in [3.05, 3.63) is 72.9 Å². The molecule has 0 aromatic rings. The van der Waals surface area contributed by atoms with E-state index in [2.05, 4.69) is 86.8 Å². The number of phosphoric acid groups is 1. The topological polar surface area (TPSA) is 149 Å². The van der Waals surface area contributed by atoms with Crippen LogP contribution in [0.4, 0.5) is 0 Å². The van der Waals surface area contributed by atoms with Crippen LogP contribution in [0.5, 0.6) is 0 Å². The highest BCUT2D eigenvalue weighted by molar-refractivity contribution is 7.47. The Kier molecular flexibility index (Phi) is 42.5. The molecule has 346 valence electrons. The number of carbonyl (C=O) groups excluding carboxylic acids is 2. The molecule has 0 aliphatic heterocycles. The monoisotopic (exact) mass is 865 g/mol. The lowest BCUT2D eigenvalue weighted by atomic mass is 10.1. The van der Waals surface area contributed by atoms with E-state index >= 15 is 0 Å². The third-order valence-corrected chi connectivity index (χ3v) is 10.5. The number of carbonyl (C=O) groups is 2. The number of aliphatic hydroxyl groups excluding tert-OH is 2. The van der Waals surface area contributed by atoms with Gasteiger partial charge in [0.05, 0.1) is 19.8 Å². The lowest BCUT2D eigenvalue weighted by Crippen LogP contribution is -2.29. The largest absolute Gasteiger partial charge is 0.472 e. The van der Waals surface area contributed by atoms with Crippen molar-refractivity contribution in [1.29, 1.82) is 0 Å². The van der Waals surface area contributed by atoms with Crippen molar-refractivity contribution in [2.24, 2.45) is 0 Å². The molecule has 0 saturated heterocycles. The van der Waals surface area contributed by atoms with Gasteiger partial charge in [-0.15, -0.1) is 0 Å². The van der Waals surface area contributed by atoms with Gasteiger partial charge in [0.25, 0.3) is 0 Å². The summed E-state index contributed by atoms with van der Waals surface area (Å²) < 4.78 is 32.8. The highest BCUT2D eigenvalue weighted by Crippen LogP contribution is 2.43. The first kappa shape index (κ1) is 57.4. The van der Waals surface area contributed by atoms with E-state index in [1.807, 2.05) is 0 Å². The van der Waals surface area contributed by atoms with Crippen LogP contribution in [0.15, 0.2) is 72.9 Å². The third-order valence-electron chi connectivity index (χ3n) is 9.59. The fraction of sp³-hybridized carbons (Fsp3) is 0.714. The predicted molar refractivity (Wildman–Crippen MR) is 247 cm³/mol. The molecule has 0 bridgehead atoms. The summed E-state index contributed by atoms with van der Waals surface area (Å²) in [5.41, 5.74) is 0. The standard InChI is InChI=1S/C49H85O10P/c1-3-5-7-9-11-13-15-17-19-21-22-23-24-25-27-29-31-33-35-37-39-41-49(53)59-47(45-58-60(54,55)57-43-46(51)42-50)44-56-48(52)40-38-36-34-32-30-28-26-20-18-16-14-12-10-8-6-4-2/h5,7,11,13-14,16-17,19-20,22-23,26,46-47,50-51H,3-4,6,8-10,12,15,18,21,24-25,27-45H2,1-2H3,(H,54,55)/b7-5-,13-11-,16-14-,19-17-,23-22-,26-20-. The summed E-state index contributed by atoms with van der Waals surface area (Å²) in [7, 11) is -4.63. The number of phosphoric ester groups is 1. The lowest BCUT2D eigenvalue weighted by Gasteiger charge is -2.20. The Morgan fingerprint density at radius 1 is 0.517 bits per heavy atom. The van der Waals surface area contributed by atoms with Crippen LogP contribution in [0.3, 0.4) is 0 Å². The number of hydrogen-bond acceptors (Lipinski definition) is 9. The number of esters is 2. The molecule has 0 saturated carbocycles. The first-order valence-corrected chi connectivity index (χ1v) is 24.9. The maximum absolute atomic E-state index is 12.7. The quantitative estimate of drug-likeness (QED) is 0.0234. The predicted octanol–water partition coefficient (Wildman–Crippen LogP) is 12.8. The maximum Gasteiger partial charge on any atom is 0.472 e. The van der Waals surface area contributed by atoms with Crippen LogP contribution in [-0.2, 0) is 32.7 Å². The summed E-state index contributed by atoms with van der Waals surface area (Å²) in [4.78, 5) is 35.1. The third kappa shape index (κ3) is 43.5. The van der Waals surface area contributed by atoms with E-state index in [9.17, 15) is 24.2 Å². The van der Waals surface area contributed by atoms with E-state index in [1.54, 1.807) is 0 Å². The highest BCUT2D eigenvalue weighted by Gasteiger charge is 2.27. The van der Waals surface area contributed by atoms with Gasteiger partial charge in [0.2, 0.25) is 0 Å². The van der Waals surface area contributed by atoms with Crippen molar-refractivity contribution in [3.8, 4) is 0 Å². The van der Waals surface area contributed by atoms with Gasteiger partial charge in [0.1, 0.15) is 12.7 Å². The number of allylic oxidation sites excluding steroid dienone is 12. The lowest BCUT2D eigenvalue weighted by molar-refractivity contribution is -0.161. The van der Waals surface area contributed by atoms with Crippen LogP contribution >= 0.6 is 7.82 Å². The van der Waals surface area contributed by atoms with Crippen LogP contribution in [0, 0.1) is 0 Å². The fourth-order valence-electron chi connectivity index (χ4n) is 6.01. The first-order chi connectivity index (χ1) is 29.2. The molecule has 11 heteroatoms. The van der Waals surface area contributed by atoms with Gasteiger partial charge in [0, 0.05) is 12.8 Å². The molecule has 0 rings (SSSR count). The van der Waals surface area contributed by atoms with Crippen molar-refractivity contribution >= 4 is 19.8 Å². The molecular formula is C49H85O10P. The van der Waals surface area contributed by atoms with Crippen molar-refractivity contribution in [2.45, 2.75) is 199 Å². The van der Waals surface area contributed by atoms with Gasteiger partial charge >= 0.3 is 19.8 Å². The molecule has 0 fully saturated rings. The van der Waals surface area contributed by atoms with E-state index in [0.717, 1.165) is 96.3 Å². The summed E-state index contributed by atoms with van der Waals surface area (Å²) in [5.74, 6) is -0.953. The summed E-state index contributed by atoms with van der Waals surface area (Å²) in [6.07, 6.45) is 51.4. The Balaban J connectivity index is 4.29. The molecule has 10 nitrogen and oxygen atoms in total. The van der Waals surface area contributed by atoms with E-state index < -0.39 is 51.8 Å². The Morgan fingerprint density at radius 3 is 1.38 bits per heavy atom. The number of hydrogen-bond donors (Lipinski definition) is 3.